The lowest BCUT2D eigenvalue weighted by Gasteiger charge is -2.16. The van der Waals surface area contributed by atoms with E-state index in [0.717, 1.165) is 13.0 Å². The molecule has 2 aromatic rings. The maximum Gasteiger partial charge on any atom is 0.0455 e. The van der Waals surface area contributed by atoms with E-state index in [1.165, 1.54) is 10.4 Å². The molecule has 0 spiro atoms. The molecule has 2 aromatic heterocycles. The van der Waals surface area contributed by atoms with Crippen LogP contribution in [-0.2, 0) is 6.42 Å². The van der Waals surface area contributed by atoms with Crippen LogP contribution in [0.2, 0.25) is 0 Å². The second-order valence-electron chi connectivity index (χ2n) is 3.69. The molecule has 1 N–H and O–H groups in total. The van der Waals surface area contributed by atoms with Gasteiger partial charge >= 0.3 is 0 Å². The van der Waals surface area contributed by atoms with Crippen molar-refractivity contribution >= 4 is 11.3 Å². The molecule has 0 amide bonds. The third kappa shape index (κ3) is 2.90. The number of hydrogen-bond donors (Lipinski definition) is 1. The van der Waals surface area contributed by atoms with Crippen molar-refractivity contribution in [3.05, 3.63) is 52.5 Å². The summed E-state index contributed by atoms with van der Waals surface area (Å²) in [5.74, 6) is 0. The molecule has 2 nitrogen and oxygen atoms in total. The summed E-state index contributed by atoms with van der Waals surface area (Å²) in [6, 6.07) is 8.89. The number of thiophene rings is 1. The highest BCUT2D eigenvalue weighted by atomic mass is 32.1. The van der Waals surface area contributed by atoms with Crippen molar-refractivity contribution < 1.29 is 0 Å². The average Bonchev–Trinajstić information content (AvgIpc) is 2.83. The van der Waals surface area contributed by atoms with Crippen LogP contribution in [0.4, 0.5) is 0 Å². The second-order valence-corrected chi connectivity index (χ2v) is 4.66. The normalized spacial score (nSPS) is 12.6. The van der Waals surface area contributed by atoms with E-state index in [4.69, 9.17) is 0 Å². The Kier molecular flexibility index (Phi) is 4.08. The molecule has 84 valence electrons. The molecule has 0 aromatic carbocycles. The molecule has 0 fully saturated rings. The van der Waals surface area contributed by atoms with Crippen LogP contribution in [0.25, 0.3) is 0 Å². The van der Waals surface area contributed by atoms with E-state index in [1.807, 2.05) is 23.7 Å². The highest BCUT2D eigenvalue weighted by molar-refractivity contribution is 7.10. The van der Waals surface area contributed by atoms with Crippen molar-refractivity contribution in [1.82, 2.24) is 10.3 Å². The molecule has 0 radical (unpaired) electrons. The number of nitrogens with one attached hydrogen (secondary N) is 1. The summed E-state index contributed by atoms with van der Waals surface area (Å²) in [6.07, 6.45) is 4.73. The quantitative estimate of drug-likeness (QED) is 0.857. The Bertz CT molecular complexity index is 397. The summed E-state index contributed by atoms with van der Waals surface area (Å²) in [6.45, 7) is 3.14. The Labute approximate surface area is 100 Å². The fourth-order valence-electron chi connectivity index (χ4n) is 1.76. The summed E-state index contributed by atoms with van der Waals surface area (Å²) in [5.41, 5.74) is 1.33. The maximum absolute atomic E-state index is 4.04. The van der Waals surface area contributed by atoms with Gasteiger partial charge in [-0.05, 0) is 42.1 Å². The summed E-state index contributed by atoms with van der Waals surface area (Å²) in [7, 11) is 0. The van der Waals surface area contributed by atoms with Crippen molar-refractivity contribution in [2.75, 3.05) is 6.54 Å². The molecule has 16 heavy (non-hydrogen) atoms. The topological polar surface area (TPSA) is 24.9 Å². The van der Waals surface area contributed by atoms with Gasteiger partial charge in [-0.2, -0.15) is 0 Å². The van der Waals surface area contributed by atoms with Crippen LogP contribution in [0.5, 0.6) is 0 Å². The first kappa shape index (κ1) is 11.3. The van der Waals surface area contributed by atoms with E-state index in [9.17, 15) is 0 Å². The number of likely N-dealkylation sites (N-methyl/N-ethyl adjacent to an activating group) is 1. The minimum atomic E-state index is 0.424. The van der Waals surface area contributed by atoms with Crippen LogP contribution >= 0.6 is 11.3 Å². The minimum absolute atomic E-state index is 0.424. The van der Waals surface area contributed by atoms with E-state index in [0.29, 0.717) is 6.04 Å². The highest BCUT2D eigenvalue weighted by Crippen LogP contribution is 2.22. The van der Waals surface area contributed by atoms with Crippen LogP contribution in [0.1, 0.15) is 23.4 Å². The fraction of sp³-hybridized carbons (Fsp3) is 0.308. The summed E-state index contributed by atoms with van der Waals surface area (Å²) in [5, 5.41) is 5.65. The van der Waals surface area contributed by atoms with Gasteiger partial charge in [-0.3, -0.25) is 4.98 Å². The number of nitrogens with zero attached hydrogens (tertiary/aromatic N) is 1. The van der Waals surface area contributed by atoms with E-state index in [2.05, 4.69) is 46.9 Å². The fourth-order valence-corrected chi connectivity index (χ4v) is 2.57. The Hall–Kier alpha value is -1.19. The molecule has 0 aliphatic rings. The molecule has 1 atom stereocenters. The second kappa shape index (κ2) is 5.77. The van der Waals surface area contributed by atoms with Crippen molar-refractivity contribution in [2.45, 2.75) is 19.4 Å². The monoisotopic (exact) mass is 232 g/mol. The van der Waals surface area contributed by atoms with E-state index in [1.54, 1.807) is 0 Å². The van der Waals surface area contributed by atoms with Crippen LogP contribution in [0, 0.1) is 0 Å². The molecule has 0 saturated carbocycles. The molecule has 0 bridgehead atoms. The molecule has 2 rings (SSSR count). The first-order valence-electron chi connectivity index (χ1n) is 5.56. The number of hydrogen-bond acceptors (Lipinski definition) is 3. The first-order valence-corrected chi connectivity index (χ1v) is 6.44. The lowest BCUT2D eigenvalue weighted by Crippen LogP contribution is -2.22. The van der Waals surface area contributed by atoms with Crippen molar-refractivity contribution in [1.29, 1.82) is 0 Å². The molecular weight excluding hydrogens is 216 g/mol. The van der Waals surface area contributed by atoms with Crippen molar-refractivity contribution in [3.8, 4) is 0 Å². The van der Waals surface area contributed by atoms with Gasteiger partial charge in [0.2, 0.25) is 0 Å². The van der Waals surface area contributed by atoms with Gasteiger partial charge < -0.3 is 5.32 Å². The average molecular weight is 232 g/mol. The molecule has 0 aliphatic heterocycles. The van der Waals surface area contributed by atoms with Crippen molar-refractivity contribution in [2.24, 2.45) is 0 Å². The van der Waals surface area contributed by atoms with Crippen molar-refractivity contribution in [3.63, 3.8) is 0 Å². The van der Waals surface area contributed by atoms with Gasteiger partial charge in [-0.1, -0.05) is 13.0 Å². The standard InChI is InChI=1S/C13H16N2S/c1-2-15-12(13-4-3-9-16-13)10-11-5-7-14-8-6-11/h3-9,12,15H,2,10H2,1H3. The molecule has 3 heteroatoms. The summed E-state index contributed by atoms with van der Waals surface area (Å²) < 4.78 is 0. The van der Waals surface area contributed by atoms with Gasteiger partial charge in [-0.15, -0.1) is 11.3 Å². The van der Waals surface area contributed by atoms with Gasteiger partial charge in [0, 0.05) is 23.3 Å². The number of aromatic nitrogens is 1. The predicted octanol–water partition coefficient (Wildman–Crippen LogP) is 3.04. The lowest BCUT2D eigenvalue weighted by atomic mass is 10.1. The van der Waals surface area contributed by atoms with Gasteiger partial charge in [-0.25, -0.2) is 0 Å². The molecule has 1 unspecified atom stereocenters. The summed E-state index contributed by atoms with van der Waals surface area (Å²) >= 11 is 1.81. The Balaban J connectivity index is 2.09. The number of rotatable bonds is 5. The van der Waals surface area contributed by atoms with Gasteiger partial charge in [0.1, 0.15) is 0 Å². The van der Waals surface area contributed by atoms with Crippen LogP contribution in [0.15, 0.2) is 42.0 Å². The van der Waals surface area contributed by atoms with E-state index < -0.39 is 0 Å². The largest absolute Gasteiger partial charge is 0.309 e. The molecule has 0 aliphatic carbocycles. The van der Waals surface area contributed by atoms with Crippen LogP contribution in [0.3, 0.4) is 0 Å². The summed E-state index contributed by atoms with van der Waals surface area (Å²) in [4.78, 5) is 5.45. The lowest BCUT2D eigenvalue weighted by molar-refractivity contribution is 0.558. The number of pyridine rings is 1. The Morgan fingerprint density at radius 3 is 2.75 bits per heavy atom. The van der Waals surface area contributed by atoms with Crippen LogP contribution < -0.4 is 5.32 Å². The molecule has 2 heterocycles. The first-order chi connectivity index (χ1) is 7.90. The maximum atomic E-state index is 4.04. The Morgan fingerprint density at radius 1 is 1.31 bits per heavy atom. The third-order valence-electron chi connectivity index (χ3n) is 2.53. The van der Waals surface area contributed by atoms with Gasteiger partial charge in [0.15, 0.2) is 0 Å². The van der Waals surface area contributed by atoms with E-state index >= 15 is 0 Å². The zero-order valence-corrected chi connectivity index (χ0v) is 10.2. The van der Waals surface area contributed by atoms with E-state index in [-0.39, 0.29) is 0 Å². The smallest absolute Gasteiger partial charge is 0.0455 e. The SMILES string of the molecule is CCNC(Cc1ccncc1)c1cccs1. The van der Waals surface area contributed by atoms with Gasteiger partial charge in [0.05, 0.1) is 0 Å². The van der Waals surface area contributed by atoms with Gasteiger partial charge in [0.25, 0.3) is 0 Å². The molecule has 0 saturated heterocycles. The van der Waals surface area contributed by atoms with Crippen LogP contribution in [-0.4, -0.2) is 11.5 Å². The highest BCUT2D eigenvalue weighted by Gasteiger charge is 2.11. The zero-order chi connectivity index (χ0) is 11.2. The predicted molar refractivity (Wildman–Crippen MR) is 68.7 cm³/mol. The Morgan fingerprint density at radius 2 is 2.12 bits per heavy atom. The zero-order valence-electron chi connectivity index (χ0n) is 9.39. The molecular formula is C13H16N2S. The minimum Gasteiger partial charge on any atom is -0.309 e. The third-order valence-corrected chi connectivity index (χ3v) is 3.51.